The fraction of sp³-hybridized carbons (Fsp3) is 0.786. The number of methoxy groups -OCH3 is 1. The number of rotatable bonds is 7. The molecule has 0 aromatic rings. The van der Waals surface area contributed by atoms with Crippen LogP contribution in [-0.2, 0) is 9.47 Å². The summed E-state index contributed by atoms with van der Waals surface area (Å²) in [4.78, 5) is 4.04. The first-order chi connectivity index (χ1) is 8.58. The van der Waals surface area contributed by atoms with Crippen LogP contribution in [0.1, 0.15) is 34.6 Å². The highest BCUT2D eigenvalue weighted by atomic mass is 16.5. The third kappa shape index (κ3) is 8.61. The summed E-state index contributed by atoms with van der Waals surface area (Å²) in [5.74, 6) is 0.391. The van der Waals surface area contributed by atoms with Crippen molar-refractivity contribution in [3.05, 3.63) is 11.8 Å². The molecule has 0 aliphatic rings. The van der Waals surface area contributed by atoms with E-state index >= 15 is 0 Å². The van der Waals surface area contributed by atoms with Gasteiger partial charge in [0, 0.05) is 18.6 Å². The van der Waals surface area contributed by atoms with Gasteiger partial charge < -0.3 is 20.3 Å². The summed E-state index contributed by atoms with van der Waals surface area (Å²) in [6.45, 7) is 11.2. The number of amidine groups is 1. The molecule has 0 aliphatic carbocycles. The molecule has 0 aromatic carbocycles. The van der Waals surface area contributed by atoms with Gasteiger partial charge in [-0.25, -0.2) is 4.99 Å². The molecule has 19 heavy (non-hydrogen) atoms. The maximum Gasteiger partial charge on any atom is 0.139 e. The van der Waals surface area contributed by atoms with Crippen molar-refractivity contribution in [1.82, 2.24) is 0 Å². The van der Waals surface area contributed by atoms with Crippen molar-refractivity contribution in [1.29, 1.82) is 0 Å². The SMILES string of the molecule is COCC(C)(C)/C(O)=C/C(N)=N/COCC(C)(C)C. The molecule has 5 heteroatoms. The largest absolute Gasteiger partial charge is 0.512 e. The second kappa shape index (κ2) is 7.50. The van der Waals surface area contributed by atoms with Crippen LogP contribution in [0.25, 0.3) is 0 Å². The van der Waals surface area contributed by atoms with E-state index in [9.17, 15) is 5.11 Å². The summed E-state index contributed by atoms with van der Waals surface area (Å²) in [5.41, 5.74) is 5.33. The number of aliphatic hydroxyl groups is 1. The van der Waals surface area contributed by atoms with Gasteiger partial charge in [-0.1, -0.05) is 34.6 Å². The first-order valence-corrected chi connectivity index (χ1v) is 6.36. The van der Waals surface area contributed by atoms with Gasteiger partial charge in [-0.3, -0.25) is 0 Å². The van der Waals surface area contributed by atoms with Crippen molar-refractivity contribution >= 4 is 5.84 Å². The smallest absolute Gasteiger partial charge is 0.139 e. The van der Waals surface area contributed by atoms with Gasteiger partial charge in [0.2, 0.25) is 0 Å². The maximum absolute atomic E-state index is 9.94. The molecular formula is C14H28N2O3. The zero-order valence-corrected chi connectivity index (χ0v) is 13.0. The van der Waals surface area contributed by atoms with Crippen molar-refractivity contribution < 1.29 is 14.6 Å². The number of aliphatic hydroxyl groups excluding tert-OH is 1. The van der Waals surface area contributed by atoms with Crippen LogP contribution in [0.15, 0.2) is 16.8 Å². The summed E-state index contributed by atoms with van der Waals surface area (Å²) in [5, 5.41) is 9.94. The molecular weight excluding hydrogens is 244 g/mol. The molecule has 0 rings (SSSR count). The molecule has 0 atom stereocenters. The van der Waals surface area contributed by atoms with Gasteiger partial charge in [0.05, 0.1) is 13.2 Å². The first-order valence-electron chi connectivity index (χ1n) is 6.36. The second-order valence-corrected chi connectivity index (χ2v) is 6.47. The van der Waals surface area contributed by atoms with Crippen LogP contribution >= 0.6 is 0 Å². The van der Waals surface area contributed by atoms with Gasteiger partial charge in [-0.15, -0.1) is 0 Å². The Morgan fingerprint density at radius 2 is 1.79 bits per heavy atom. The third-order valence-corrected chi connectivity index (χ3v) is 2.36. The van der Waals surface area contributed by atoms with Crippen LogP contribution < -0.4 is 5.73 Å². The van der Waals surface area contributed by atoms with E-state index in [2.05, 4.69) is 25.8 Å². The van der Waals surface area contributed by atoms with E-state index in [0.717, 1.165) is 0 Å². The molecule has 0 spiro atoms. The minimum Gasteiger partial charge on any atom is -0.512 e. The molecule has 3 N–H and O–H groups in total. The maximum atomic E-state index is 9.94. The molecule has 0 unspecified atom stereocenters. The van der Waals surface area contributed by atoms with Crippen LogP contribution in [0.5, 0.6) is 0 Å². The normalized spacial score (nSPS) is 14.8. The molecule has 0 radical (unpaired) electrons. The van der Waals surface area contributed by atoms with E-state index in [0.29, 0.717) is 13.2 Å². The van der Waals surface area contributed by atoms with Crippen LogP contribution in [0.4, 0.5) is 0 Å². The number of ether oxygens (including phenoxy) is 2. The van der Waals surface area contributed by atoms with Gasteiger partial charge in [-0.05, 0) is 5.41 Å². The standard InChI is InChI=1S/C14H28N2O3/c1-13(2,3)8-19-10-16-12(15)7-11(17)14(4,5)9-18-6/h7,17H,8-10H2,1-6H3,(H2,15,16)/b11-7-. The molecule has 0 heterocycles. The fourth-order valence-electron chi connectivity index (χ4n) is 1.29. The van der Waals surface area contributed by atoms with Crippen molar-refractivity contribution in [3.63, 3.8) is 0 Å². The Bertz CT molecular complexity index is 328. The first kappa shape index (κ1) is 17.9. The lowest BCUT2D eigenvalue weighted by atomic mass is 9.91. The van der Waals surface area contributed by atoms with Crippen molar-refractivity contribution in [3.8, 4) is 0 Å². The Kier molecular flexibility index (Phi) is 7.08. The molecule has 0 amide bonds. The molecule has 0 saturated carbocycles. The summed E-state index contributed by atoms with van der Waals surface area (Å²) >= 11 is 0. The Morgan fingerprint density at radius 3 is 2.26 bits per heavy atom. The number of aliphatic imine (C=N–C) groups is 1. The van der Waals surface area contributed by atoms with Crippen molar-refractivity contribution in [2.75, 3.05) is 27.1 Å². The van der Waals surface area contributed by atoms with Gasteiger partial charge in [0.25, 0.3) is 0 Å². The Hall–Kier alpha value is -1.07. The van der Waals surface area contributed by atoms with Crippen LogP contribution in [-0.4, -0.2) is 38.0 Å². The summed E-state index contributed by atoms with van der Waals surface area (Å²) in [6.07, 6.45) is 1.44. The zero-order chi connectivity index (χ0) is 15.1. The van der Waals surface area contributed by atoms with Crippen LogP contribution in [0.2, 0.25) is 0 Å². The number of hydrogen-bond donors (Lipinski definition) is 2. The second-order valence-electron chi connectivity index (χ2n) is 6.47. The van der Waals surface area contributed by atoms with E-state index in [1.54, 1.807) is 7.11 Å². The summed E-state index contributed by atoms with van der Waals surface area (Å²) in [6, 6.07) is 0. The Labute approximate surface area is 116 Å². The number of nitrogens with two attached hydrogens (primary N) is 1. The molecule has 0 bridgehead atoms. The minimum atomic E-state index is -0.485. The van der Waals surface area contributed by atoms with Gasteiger partial charge >= 0.3 is 0 Å². The molecule has 0 aromatic heterocycles. The summed E-state index contributed by atoms with van der Waals surface area (Å²) in [7, 11) is 1.59. The van der Waals surface area contributed by atoms with Crippen LogP contribution in [0, 0.1) is 10.8 Å². The van der Waals surface area contributed by atoms with E-state index in [-0.39, 0.29) is 23.7 Å². The molecule has 0 fully saturated rings. The lowest BCUT2D eigenvalue weighted by molar-refractivity contribution is 0.0767. The lowest BCUT2D eigenvalue weighted by Crippen LogP contribution is -2.23. The molecule has 5 nitrogen and oxygen atoms in total. The predicted molar refractivity (Wildman–Crippen MR) is 78.3 cm³/mol. The molecule has 0 aliphatic heterocycles. The van der Waals surface area contributed by atoms with Gasteiger partial charge in [0.1, 0.15) is 18.3 Å². The highest BCUT2D eigenvalue weighted by molar-refractivity contribution is 5.91. The average molecular weight is 272 g/mol. The van der Waals surface area contributed by atoms with Crippen molar-refractivity contribution in [2.45, 2.75) is 34.6 Å². The van der Waals surface area contributed by atoms with Gasteiger partial charge in [-0.2, -0.15) is 0 Å². The minimum absolute atomic E-state index is 0.0999. The monoisotopic (exact) mass is 272 g/mol. The predicted octanol–water partition coefficient (Wildman–Crippen LogP) is 2.48. The van der Waals surface area contributed by atoms with E-state index in [1.165, 1.54) is 6.08 Å². The highest BCUT2D eigenvalue weighted by Gasteiger charge is 2.23. The van der Waals surface area contributed by atoms with E-state index in [1.807, 2.05) is 13.8 Å². The quantitative estimate of drug-likeness (QED) is 0.323. The zero-order valence-electron chi connectivity index (χ0n) is 13.0. The number of hydrogen-bond acceptors (Lipinski definition) is 4. The topological polar surface area (TPSA) is 77.1 Å². The fourth-order valence-corrected chi connectivity index (χ4v) is 1.29. The third-order valence-electron chi connectivity index (χ3n) is 2.36. The van der Waals surface area contributed by atoms with Crippen LogP contribution in [0.3, 0.4) is 0 Å². The number of nitrogens with zero attached hydrogens (tertiary/aromatic N) is 1. The molecule has 112 valence electrons. The van der Waals surface area contributed by atoms with E-state index in [4.69, 9.17) is 15.2 Å². The molecule has 0 saturated heterocycles. The Morgan fingerprint density at radius 1 is 1.21 bits per heavy atom. The van der Waals surface area contributed by atoms with Gasteiger partial charge in [0.15, 0.2) is 0 Å². The van der Waals surface area contributed by atoms with Crippen molar-refractivity contribution in [2.24, 2.45) is 21.6 Å². The average Bonchev–Trinajstić information content (AvgIpc) is 2.23. The van der Waals surface area contributed by atoms with E-state index < -0.39 is 5.41 Å². The lowest BCUT2D eigenvalue weighted by Gasteiger charge is -2.22. The summed E-state index contributed by atoms with van der Waals surface area (Å²) < 4.78 is 10.4. The Balaban J connectivity index is 4.38. The highest BCUT2D eigenvalue weighted by Crippen LogP contribution is 2.23.